The average molecular weight is 249 g/mol. The molecule has 17 heavy (non-hydrogen) atoms. The van der Waals surface area contributed by atoms with Crippen LogP contribution in [0.5, 0.6) is 0 Å². The number of thioether (sulfide) groups is 1. The Morgan fingerprint density at radius 2 is 2.41 bits per heavy atom. The monoisotopic (exact) mass is 249 g/mol. The van der Waals surface area contributed by atoms with Gasteiger partial charge in [-0.15, -0.1) is 0 Å². The summed E-state index contributed by atoms with van der Waals surface area (Å²) in [6.07, 6.45) is 3.78. The third kappa shape index (κ3) is 2.79. The maximum absolute atomic E-state index is 11.9. The zero-order valence-electron chi connectivity index (χ0n) is 9.86. The van der Waals surface area contributed by atoms with Crippen molar-refractivity contribution in [3.05, 3.63) is 30.0 Å². The van der Waals surface area contributed by atoms with Crippen LogP contribution < -0.4 is 5.32 Å². The van der Waals surface area contributed by atoms with E-state index in [1.807, 2.05) is 24.5 Å². The van der Waals surface area contributed by atoms with Gasteiger partial charge in [-0.2, -0.15) is 16.9 Å². The van der Waals surface area contributed by atoms with Crippen LogP contribution >= 0.6 is 11.8 Å². The molecule has 0 fully saturated rings. The van der Waals surface area contributed by atoms with Crippen molar-refractivity contribution in [3.63, 3.8) is 0 Å². The number of benzene rings is 1. The van der Waals surface area contributed by atoms with E-state index in [1.165, 1.54) is 0 Å². The normalized spacial score (nSPS) is 12.6. The van der Waals surface area contributed by atoms with Gasteiger partial charge in [-0.25, -0.2) is 0 Å². The van der Waals surface area contributed by atoms with Crippen molar-refractivity contribution in [2.24, 2.45) is 0 Å². The number of nitrogens with one attached hydrogen (secondary N) is 2. The average Bonchev–Trinajstić information content (AvgIpc) is 2.82. The van der Waals surface area contributed by atoms with E-state index in [-0.39, 0.29) is 5.91 Å². The predicted molar refractivity (Wildman–Crippen MR) is 71.4 cm³/mol. The number of carbonyl (C=O) groups excluding carboxylic acids is 1. The van der Waals surface area contributed by atoms with Crippen LogP contribution in [0.4, 0.5) is 0 Å². The summed E-state index contributed by atoms with van der Waals surface area (Å²) in [5.74, 6) is -0.0394. The van der Waals surface area contributed by atoms with Crippen LogP contribution in [0.25, 0.3) is 10.9 Å². The summed E-state index contributed by atoms with van der Waals surface area (Å²) in [5.41, 5.74) is 1.55. The molecule has 1 heterocycles. The molecule has 0 saturated heterocycles. The largest absolute Gasteiger partial charge is 0.351 e. The fourth-order valence-corrected chi connectivity index (χ4v) is 1.75. The van der Waals surface area contributed by atoms with Gasteiger partial charge >= 0.3 is 0 Å². The Bertz CT molecular complexity index is 523. The summed E-state index contributed by atoms with van der Waals surface area (Å²) >= 11 is 1.73. The van der Waals surface area contributed by atoms with Crippen molar-refractivity contribution in [3.8, 4) is 0 Å². The minimum absolute atomic E-state index is 0.0394. The summed E-state index contributed by atoms with van der Waals surface area (Å²) in [6.45, 7) is 2.77. The number of rotatable bonds is 4. The molecule has 0 aliphatic heterocycles. The minimum Gasteiger partial charge on any atom is -0.351 e. The van der Waals surface area contributed by atoms with Gasteiger partial charge in [-0.1, -0.05) is 13.0 Å². The number of aromatic amines is 1. The summed E-state index contributed by atoms with van der Waals surface area (Å²) in [7, 11) is 0. The molecule has 0 aliphatic carbocycles. The lowest BCUT2D eigenvalue weighted by Gasteiger charge is -2.09. The van der Waals surface area contributed by atoms with Gasteiger partial charge < -0.3 is 5.32 Å². The molecule has 0 saturated carbocycles. The van der Waals surface area contributed by atoms with E-state index in [0.717, 1.165) is 10.9 Å². The van der Waals surface area contributed by atoms with E-state index in [1.54, 1.807) is 18.0 Å². The molecular weight excluding hydrogens is 234 g/mol. The van der Waals surface area contributed by atoms with Crippen molar-refractivity contribution < 1.29 is 4.79 Å². The van der Waals surface area contributed by atoms with Gasteiger partial charge in [0.2, 0.25) is 0 Å². The molecule has 2 aromatic rings. The molecule has 2 rings (SSSR count). The number of aromatic nitrogens is 2. The zero-order valence-corrected chi connectivity index (χ0v) is 10.7. The van der Waals surface area contributed by atoms with Gasteiger partial charge in [0.1, 0.15) is 0 Å². The standard InChI is InChI=1S/C12H15N3OS/c1-8(17-2)6-13-12(16)9-3-4-10-7-14-15-11(10)5-9/h3-5,7-8H,6H2,1-2H3,(H,13,16)(H,14,15). The molecule has 4 nitrogen and oxygen atoms in total. The first-order valence-electron chi connectivity index (χ1n) is 5.45. The molecule has 0 aliphatic rings. The molecule has 2 N–H and O–H groups in total. The van der Waals surface area contributed by atoms with Gasteiger partial charge in [0.05, 0.1) is 11.7 Å². The number of fused-ring (bicyclic) bond motifs is 1. The number of H-pyrrole nitrogens is 1. The Balaban J connectivity index is 2.08. The Morgan fingerprint density at radius 1 is 1.59 bits per heavy atom. The highest BCUT2D eigenvalue weighted by Crippen LogP contribution is 2.12. The molecule has 1 amide bonds. The van der Waals surface area contributed by atoms with Gasteiger partial charge in [-0.05, 0) is 18.4 Å². The van der Waals surface area contributed by atoms with Crippen LogP contribution in [0.1, 0.15) is 17.3 Å². The number of nitrogens with zero attached hydrogens (tertiary/aromatic N) is 1. The first-order valence-corrected chi connectivity index (χ1v) is 6.73. The molecule has 5 heteroatoms. The van der Waals surface area contributed by atoms with Crippen LogP contribution in [-0.2, 0) is 0 Å². The quantitative estimate of drug-likeness (QED) is 0.872. The fraction of sp³-hybridized carbons (Fsp3) is 0.333. The second kappa shape index (κ2) is 5.23. The van der Waals surface area contributed by atoms with Crippen molar-refractivity contribution >= 4 is 28.6 Å². The first kappa shape index (κ1) is 12.0. The Labute approximate surface area is 104 Å². The molecule has 0 spiro atoms. The van der Waals surface area contributed by atoms with E-state index >= 15 is 0 Å². The lowest BCUT2D eigenvalue weighted by atomic mass is 10.1. The van der Waals surface area contributed by atoms with E-state index in [0.29, 0.717) is 17.4 Å². The number of amides is 1. The van der Waals surface area contributed by atoms with Crippen LogP contribution in [0.15, 0.2) is 24.4 Å². The second-order valence-electron chi connectivity index (χ2n) is 3.93. The second-order valence-corrected chi connectivity index (χ2v) is 5.20. The number of hydrogen-bond donors (Lipinski definition) is 2. The summed E-state index contributed by atoms with van der Waals surface area (Å²) in [6, 6.07) is 5.53. The Hall–Kier alpha value is -1.49. The van der Waals surface area contributed by atoms with Crippen molar-refractivity contribution in [2.45, 2.75) is 12.2 Å². The molecule has 90 valence electrons. The molecule has 0 radical (unpaired) electrons. The minimum atomic E-state index is -0.0394. The van der Waals surface area contributed by atoms with E-state index < -0.39 is 0 Å². The zero-order chi connectivity index (χ0) is 12.3. The Morgan fingerprint density at radius 3 is 3.18 bits per heavy atom. The van der Waals surface area contributed by atoms with Gasteiger partial charge in [0.15, 0.2) is 0 Å². The third-order valence-electron chi connectivity index (χ3n) is 2.66. The van der Waals surface area contributed by atoms with Crippen molar-refractivity contribution in [2.75, 3.05) is 12.8 Å². The first-order chi connectivity index (χ1) is 8.20. The molecule has 1 aromatic heterocycles. The van der Waals surface area contributed by atoms with Crippen LogP contribution in [-0.4, -0.2) is 34.2 Å². The molecule has 1 aromatic carbocycles. The van der Waals surface area contributed by atoms with E-state index in [4.69, 9.17) is 0 Å². The summed E-state index contributed by atoms with van der Waals surface area (Å²) in [5, 5.41) is 11.1. The van der Waals surface area contributed by atoms with Crippen LogP contribution in [0.3, 0.4) is 0 Å². The SMILES string of the molecule is CSC(C)CNC(=O)c1ccc2cn[nH]c2c1. The topological polar surface area (TPSA) is 57.8 Å². The molecule has 0 bridgehead atoms. The molecular formula is C12H15N3OS. The lowest BCUT2D eigenvalue weighted by Crippen LogP contribution is -2.29. The highest BCUT2D eigenvalue weighted by atomic mass is 32.2. The van der Waals surface area contributed by atoms with E-state index in [2.05, 4.69) is 22.4 Å². The van der Waals surface area contributed by atoms with Gasteiger partial charge in [-0.3, -0.25) is 9.89 Å². The highest BCUT2D eigenvalue weighted by molar-refractivity contribution is 7.99. The smallest absolute Gasteiger partial charge is 0.251 e. The van der Waals surface area contributed by atoms with Gasteiger partial charge in [0, 0.05) is 22.7 Å². The third-order valence-corrected chi connectivity index (χ3v) is 3.63. The predicted octanol–water partition coefficient (Wildman–Crippen LogP) is 2.04. The Kier molecular flexibility index (Phi) is 3.68. The van der Waals surface area contributed by atoms with Crippen LogP contribution in [0, 0.1) is 0 Å². The highest BCUT2D eigenvalue weighted by Gasteiger charge is 2.08. The van der Waals surface area contributed by atoms with Crippen molar-refractivity contribution in [1.82, 2.24) is 15.5 Å². The lowest BCUT2D eigenvalue weighted by molar-refractivity contribution is 0.0954. The van der Waals surface area contributed by atoms with E-state index in [9.17, 15) is 4.79 Å². The van der Waals surface area contributed by atoms with Crippen molar-refractivity contribution in [1.29, 1.82) is 0 Å². The maximum Gasteiger partial charge on any atom is 0.251 e. The summed E-state index contributed by atoms with van der Waals surface area (Å²) < 4.78 is 0. The summed E-state index contributed by atoms with van der Waals surface area (Å²) in [4.78, 5) is 11.9. The molecule has 1 unspecified atom stereocenters. The number of carbonyl (C=O) groups is 1. The molecule has 1 atom stereocenters. The fourth-order valence-electron chi connectivity index (χ4n) is 1.50. The number of hydrogen-bond acceptors (Lipinski definition) is 3. The van der Waals surface area contributed by atoms with Crippen LogP contribution in [0.2, 0.25) is 0 Å². The maximum atomic E-state index is 11.9. The van der Waals surface area contributed by atoms with Gasteiger partial charge in [0.25, 0.3) is 5.91 Å².